The summed E-state index contributed by atoms with van der Waals surface area (Å²) in [5, 5.41) is 5.33. The molecule has 2 rings (SSSR count). The molecule has 1 atom stereocenters. The van der Waals surface area contributed by atoms with Gasteiger partial charge in [0.2, 0.25) is 0 Å². The summed E-state index contributed by atoms with van der Waals surface area (Å²) < 4.78 is 6.74. The highest BCUT2D eigenvalue weighted by Gasteiger charge is 2.16. The Labute approximate surface area is 148 Å². The Hall–Kier alpha value is -2.76. The molecule has 0 fully saturated rings. The SMILES string of the molecule is COC(=O)C(C)NC(=O)NCc1cc(C)n(-c2ccc(C)cc2)c1C. The van der Waals surface area contributed by atoms with Crippen molar-refractivity contribution >= 4 is 12.0 Å². The second-order valence-corrected chi connectivity index (χ2v) is 6.14. The number of urea groups is 1. The van der Waals surface area contributed by atoms with E-state index in [1.54, 1.807) is 6.92 Å². The lowest BCUT2D eigenvalue weighted by molar-refractivity contribution is -0.142. The molecule has 0 radical (unpaired) electrons. The summed E-state index contributed by atoms with van der Waals surface area (Å²) in [6.07, 6.45) is 0. The van der Waals surface area contributed by atoms with E-state index in [1.165, 1.54) is 12.7 Å². The molecule has 25 heavy (non-hydrogen) atoms. The predicted molar refractivity (Wildman–Crippen MR) is 96.8 cm³/mol. The molecule has 1 heterocycles. The quantitative estimate of drug-likeness (QED) is 0.820. The minimum Gasteiger partial charge on any atom is -0.467 e. The van der Waals surface area contributed by atoms with Crippen molar-refractivity contribution in [3.8, 4) is 5.69 Å². The van der Waals surface area contributed by atoms with Gasteiger partial charge in [0.1, 0.15) is 6.04 Å². The summed E-state index contributed by atoms with van der Waals surface area (Å²) >= 11 is 0. The number of amides is 2. The van der Waals surface area contributed by atoms with Gasteiger partial charge in [0.25, 0.3) is 0 Å². The molecule has 2 N–H and O–H groups in total. The van der Waals surface area contributed by atoms with Crippen molar-refractivity contribution in [1.82, 2.24) is 15.2 Å². The van der Waals surface area contributed by atoms with Crippen LogP contribution in [0.15, 0.2) is 30.3 Å². The van der Waals surface area contributed by atoms with Crippen molar-refractivity contribution < 1.29 is 14.3 Å². The third-order valence-electron chi connectivity index (χ3n) is 4.17. The molecule has 1 aromatic heterocycles. The van der Waals surface area contributed by atoms with Crippen molar-refractivity contribution in [2.45, 2.75) is 40.3 Å². The van der Waals surface area contributed by atoms with Gasteiger partial charge in [-0.15, -0.1) is 0 Å². The van der Waals surface area contributed by atoms with E-state index in [-0.39, 0.29) is 0 Å². The van der Waals surface area contributed by atoms with Gasteiger partial charge in [-0.1, -0.05) is 17.7 Å². The molecule has 0 saturated carbocycles. The lowest BCUT2D eigenvalue weighted by Crippen LogP contribution is -2.44. The van der Waals surface area contributed by atoms with Crippen LogP contribution in [-0.4, -0.2) is 29.7 Å². The number of hydrogen-bond donors (Lipinski definition) is 2. The maximum atomic E-state index is 11.9. The van der Waals surface area contributed by atoms with Gasteiger partial charge in [-0.3, -0.25) is 0 Å². The van der Waals surface area contributed by atoms with Crippen LogP contribution in [0.25, 0.3) is 5.69 Å². The molecule has 0 aliphatic rings. The third kappa shape index (κ3) is 4.41. The van der Waals surface area contributed by atoms with E-state index in [0.717, 1.165) is 22.6 Å². The van der Waals surface area contributed by atoms with E-state index >= 15 is 0 Å². The van der Waals surface area contributed by atoms with E-state index in [1.807, 2.05) is 13.8 Å². The van der Waals surface area contributed by atoms with Gasteiger partial charge in [0.05, 0.1) is 7.11 Å². The first-order valence-corrected chi connectivity index (χ1v) is 8.20. The zero-order valence-electron chi connectivity index (χ0n) is 15.3. The first-order valence-electron chi connectivity index (χ1n) is 8.20. The number of carbonyl (C=O) groups excluding carboxylic acids is 2. The molecule has 0 saturated heterocycles. The Morgan fingerprint density at radius 1 is 1.16 bits per heavy atom. The maximum absolute atomic E-state index is 11.9. The highest BCUT2D eigenvalue weighted by atomic mass is 16.5. The number of nitrogens with one attached hydrogen (secondary N) is 2. The molecule has 6 heteroatoms. The Bertz CT molecular complexity index is 763. The van der Waals surface area contributed by atoms with Gasteiger partial charge in [-0.25, -0.2) is 9.59 Å². The molecule has 6 nitrogen and oxygen atoms in total. The fourth-order valence-corrected chi connectivity index (χ4v) is 2.76. The van der Waals surface area contributed by atoms with Crippen LogP contribution in [0.5, 0.6) is 0 Å². The second kappa shape index (κ2) is 7.88. The molecule has 0 spiro atoms. The van der Waals surface area contributed by atoms with Crippen molar-refractivity contribution in [1.29, 1.82) is 0 Å². The van der Waals surface area contributed by atoms with Gasteiger partial charge < -0.3 is 19.9 Å². The average Bonchev–Trinajstić information content (AvgIpc) is 2.87. The number of methoxy groups -OCH3 is 1. The number of aryl methyl sites for hydroxylation is 2. The van der Waals surface area contributed by atoms with Crippen molar-refractivity contribution in [3.05, 3.63) is 52.8 Å². The van der Waals surface area contributed by atoms with Gasteiger partial charge in [-0.05, 0) is 51.5 Å². The van der Waals surface area contributed by atoms with Gasteiger partial charge in [0, 0.05) is 23.6 Å². The van der Waals surface area contributed by atoms with Crippen molar-refractivity contribution in [2.75, 3.05) is 7.11 Å². The normalized spacial score (nSPS) is 11.7. The number of benzene rings is 1. The molecule has 1 aromatic carbocycles. The van der Waals surface area contributed by atoms with E-state index < -0.39 is 18.0 Å². The van der Waals surface area contributed by atoms with Gasteiger partial charge >= 0.3 is 12.0 Å². The summed E-state index contributed by atoms with van der Waals surface area (Å²) in [5.41, 5.74) is 5.50. The summed E-state index contributed by atoms with van der Waals surface area (Å²) in [7, 11) is 1.29. The Balaban J connectivity index is 2.06. The molecule has 2 aromatic rings. The predicted octanol–water partition coefficient (Wildman–Crippen LogP) is 2.76. The van der Waals surface area contributed by atoms with Crippen LogP contribution in [0.4, 0.5) is 4.79 Å². The fraction of sp³-hybridized carbons (Fsp3) is 0.368. The van der Waals surface area contributed by atoms with Crippen LogP contribution < -0.4 is 10.6 Å². The number of nitrogens with zero attached hydrogens (tertiary/aromatic N) is 1. The second-order valence-electron chi connectivity index (χ2n) is 6.14. The first-order chi connectivity index (χ1) is 11.8. The first kappa shape index (κ1) is 18.6. The molecule has 0 aliphatic heterocycles. The summed E-state index contributed by atoms with van der Waals surface area (Å²) in [4.78, 5) is 23.3. The smallest absolute Gasteiger partial charge is 0.328 e. The summed E-state index contributed by atoms with van der Waals surface area (Å²) in [6.45, 7) is 8.08. The lowest BCUT2D eigenvalue weighted by atomic mass is 10.2. The topological polar surface area (TPSA) is 72.4 Å². The molecule has 1 unspecified atom stereocenters. The zero-order chi connectivity index (χ0) is 18.6. The fourth-order valence-electron chi connectivity index (χ4n) is 2.76. The lowest BCUT2D eigenvalue weighted by Gasteiger charge is -2.13. The van der Waals surface area contributed by atoms with Crippen LogP contribution in [0.2, 0.25) is 0 Å². The van der Waals surface area contributed by atoms with Gasteiger partial charge in [-0.2, -0.15) is 0 Å². The minimum atomic E-state index is -0.690. The summed E-state index contributed by atoms with van der Waals surface area (Å²) in [6, 6.07) is 9.28. The van der Waals surface area contributed by atoms with Crippen LogP contribution in [0.1, 0.15) is 29.4 Å². The van der Waals surface area contributed by atoms with Crippen LogP contribution in [0.3, 0.4) is 0 Å². The Morgan fingerprint density at radius 3 is 2.40 bits per heavy atom. The monoisotopic (exact) mass is 343 g/mol. The highest BCUT2D eigenvalue weighted by molar-refractivity contribution is 5.83. The number of esters is 1. The number of aromatic nitrogens is 1. The van der Waals surface area contributed by atoms with E-state index in [0.29, 0.717) is 6.54 Å². The van der Waals surface area contributed by atoms with E-state index in [9.17, 15) is 9.59 Å². The number of hydrogen-bond acceptors (Lipinski definition) is 3. The number of carbonyl (C=O) groups is 2. The Morgan fingerprint density at radius 2 is 1.80 bits per heavy atom. The van der Waals surface area contributed by atoms with Crippen LogP contribution in [0, 0.1) is 20.8 Å². The standard InChI is InChI=1S/C19H25N3O3/c1-12-6-8-17(9-7-12)22-13(2)10-16(15(22)4)11-20-19(24)21-14(3)18(23)25-5/h6-10,14H,11H2,1-5H3,(H2,20,21,24). The van der Waals surface area contributed by atoms with Crippen LogP contribution in [-0.2, 0) is 16.1 Å². The molecular formula is C19H25N3O3. The van der Waals surface area contributed by atoms with Crippen molar-refractivity contribution in [3.63, 3.8) is 0 Å². The minimum absolute atomic E-state index is 0.380. The molecule has 134 valence electrons. The molecule has 0 bridgehead atoms. The highest BCUT2D eigenvalue weighted by Crippen LogP contribution is 2.21. The Kier molecular flexibility index (Phi) is 5.85. The number of ether oxygens (including phenoxy) is 1. The largest absolute Gasteiger partial charge is 0.467 e. The van der Waals surface area contributed by atoms with Crippen molar-refractivity contribution in [2.24, 2.45) is 0 Å². The summed E-state index contributed by atoms with van der Waals surface area (Å²) in [5.74, 6) is -0.479. The van der Waals surface area contributed by atoms with Gasteiger partial charge in [0.15, 0.2) is 0 Å². The zero-order valence-corrected chi connectivity index (χ0v) is 15.3. The average molecular weight is 343 g/mol. The van der Waals surface area contributed by atoms with E-state index in [4.69, 9.17) is 0 Å². The van der Waals surface area contributed by atoms with Crippen LogP contribution >= 0.6 is 0 Å². The third-order valence-corrected chi connectivity index (χ3v) is 4.17. The van der Waals surface area contributed by atoms with E-state index in [2.05, 4.69) is 57.2 Å². The maximum Gasteiger partial charge on any atom is 0.328 e. The molecule has 0 aliphatic carbocycles. The molecule has 2 amide bonds. The number of rotatable bonds is 5. The molecular weight excluding hydrogens is 318 g/mol.